The van der Waals surface area contributed by atoms with Crippen molar-refractivity contribution in [2.75, 3.05) is 6.61 Å². The van der Waals surface area contributed by atoms with Gasteiger partial charge in [-0.2, -0.15) is 5.26 Å². The first kappa shape index (κ1) is 18.8. The number of hydrogen-bond donors (Lipinski definition) is 1. The van der Waals surface area contributed by atoms with Crippen LogP contribution in [0.4, 0.5) is 0 Å². The van der Waals surface area contributed by atoms with E-state index in [4.69, 9.17) is 19.9 Å². The minimum atomic E-state index is -0.629. The molecule has 2 aliphatic heterocycles. The van der Waals surface area contributed by atoms with Gasteiger partial charge in [-0.3, -0.25) is 0 Å². The summed E-state index contributed by atoms with van der Waals surface area (Å²) >= 11 is 0. The van der Waals surface area contributed by atoms with E-state index in [2.05, 4.69) is 6.07 Å². The molecule has 0 aliphatic carbocycles. The smallest absolute Gasteiger partial charge is 0.338 e. The molecule has 6 nitrogen and oxygen atoms in total. The van der Waals surface area contributed by atoms with Crippen molar-refractivity contribution in [3.63, 3.8) is 0 Å². The maximum absolute atomic E-state index is 12.6. The molecule has 1 aromatic rings. The number of esters is 1. The second kappa shape index (κ2) is 6.66. The number of rotatable bonds is 3. The first-order valence-electron chi connectivity index (χ1n) is 8.96. The lowest BCUT2D eigenvalue weighted by atomic mass is 9.81. The van der Waals surface area contributed by atoms with Crippen LogP contribution in [0, 0.1) is 18.3 Å². The molecule has 3 rings (SSSR count). The van der Waals surface area contributed by atoms with Crippen LogP contribution in [0.2, 0.25) is 0 Å². The quantitative estimate of drug-likeness (QED) is 0.822. The number of nitrogens with two attached hydrogens (primary N) is 1. The van der Waals surface area contributed by atoms with Crippen molar-refractivity contribution in [1.29, 1.82) is 5.26 Å². The average molecular weight is 368 g/mol. The van der Waals surface area contributed by atoms with Crippen LogP contribution in [0.5, 0.6) is 5.75 Å². The lowest BCUT2D eigenvalue weighted by Crippen LogP contribution is -2.25. The van der Waals surface area contributed by atoms with Gasteiger partial charge in [-0.25, -0.2) is 4.79 Å². The third-order valence-corrected chi connectivity index (χ3v) is 4.80. The number of nitriles is 1. The number of allylic oxidation sites excluding steroid dienone is 2. The zero-order valence-electron chi connectivity index (χ0n) is 16.3. The van der Waals surface area contributed by atoms with E-state index in [1.807, 2.05) is 32.9 Å². The Morgan fingerprint density at radius 2 is 2.11 bits per heavy atom. The number of carbonyl (C=O) groups is 1. The molecule has 0 radical (unpaired) electrons. The van der Waals surface area contributed by atoms with E-state index in [1.54, 1.807) is 13.8 Å². The van der Waals surface area contributed by atoms with Crippen LogP contribution in [-0.4, -0.2) is 18.2 Å². The van der Waals surface area contributed by atoms with Crippen molar-refractivity contribution >= 4 is 5.97 Å². The van der Waals surface area contributed by atoms with E-state index in [0.29, 0.717) is 11.3 Å². The highest BCUT2D eigenvalue weighted by molar-refractivity contribution is 5.92. The number of aryl methyl sites for hydroxylation is 1. The molecule has 1 atom stereocenters. The van der Waals surface area contributed by atoms with Gasteiger partial charge >= 0.3 is 5.97 Å². The molecule has 1 unspecified atom stereocenters. The molecule has 2 aliphatic rings. The van der Waals surface area contributed by atoms with Crippen molar-refractivity contribution in [2.45, 2.75) is 52.6 Å². The van der Waals surface area contributed by atoms with Crippen LogP contribution in [0.3, 0.4) is 0 Å². The van der Waals surface area contributed by atoms with Crippen molar-refractivity contribution in [3.8, 4) is 11.8 Å². The van der Waals surface area contributed by atoms with Crippen LogP contribution in [0.25, 0.3) is 0 Å². The summed E-state index contributed by atoms with van der Waals surface area (Å²) in [6.45, 7) is 9.66. The number of nitrogens with zero attached hydrogens (tertiary/aromatic N) is 1. The molecule has 1 aromatic carbocycles. The molecule has 27 heavy (non-hydrogen) atoms. The minimum Gasteiger partial charge on any atom is -0.487 e. The van der Waals surface area contributed by atoms with E-state index >= 15 is 0 Å². The highest BCUT2D eigenvalue weighted by atomic mass is 16.5. The largest absolute Gasteiger partial charge is 0.487 e. The molecule has 2 N–H and O–H groups in total. The molecular formula is C21H24N2O4. The molecule has 6 heteroatoms. The van der Waals surface area contributed by atoms with E-state index in [-0.39, 0.29) is 23.7 Å². The Labute approximate surface area is 159 Å². The Morgan fingerprint density at radius 3 is 2.74 bits per heavy atom. The van der Waals surface area contributed by atoms with Gasteiger partial charge in [-0.15, -0.1) is 0 Å². The van der Waals surface area contributed by atoms with Gasteiger partial charge in [0.05, 0.1) is 18.1 Å². The lowest BCUT2D eigenvalue weighted by molar-refractivity contribution is -0.139. The fourth-order valence-electron chi connectivity index (χ4n) is 3.78. The summed E-state index contributed by atoms with van der Waals surface area (Å²) in [5.41, 5.74) is 9.00. The molecule has 0 amide bonds. The Balaban J connectivity index is 2.17. The Morgan fingerprint density at radius 1 is 1.41 bits per heavy atom. The zero-order valence-corrected chi connectivity index (χ0v) is 16.3. The van der Waals surface area contributed by atoms with Gasteiger partial charge in [0.2, 0.25) is 5.88 Å². The molecule has 0 aromatic heterocycles. The number of fused-ring (bicyclic) bond motifs is 1. The summed E-state index contributed by atoms with van der Waals surface area (Å²) in [7, 11) is 0. The Hall–Kier alpha value is -2.94. The van der Waals surface area contributed by atoms with Crippen molar-refractivity contribution in [2.24, 2.45) is 5.73 Å². The van der Waals surface area contributed by atoms with Crippen LogP contribution in [0.1, 0.15) is 50.3 Å². The zero-order chi connectivity index (χ0) is 19.9. The summed E-state index contributed by atoms with van der Waals surface area (Å²) in [5.74, 6) is 0.0996. The molecule has 2 heterocycles. The topological polar surface area (TPSA) is 94.6 Å². The maximum atomic E-state index is 12.6. The summed E-state index contributed by atoms with van der Waals surface area (Å²) < 4.78 is 16.7. The SMILES string of the molecule is CCOC(=O)C1=C(C)OC(N)=C(C#N)C1c1cc(C)c2c(c1)CC(C)(C)O2. The predicted octanol–water partition coefficient (Wildman–Crippen LogP) is 3.35. The summed E-state index contributed by atoms with van der Waals surface area (Å²) in [6, 6.07) is 6.04. The van der Waals surface area contributed by atoms with Crippen molar-refractivity contribution < 1.29 is 19.0 Å². The average Bonchev–Trinajstić information content (AvgIpc) is 2.89. The van der Waals surface area contributed by atoms with Crippen LogP contribution >= 0.6 is 0 Å². The molecule has 0 fully saturated rings. The number of carbonyl (C=O) groups excluding carboxylic acids is 1. The Bertz CT molecular complexity index is 919. The monoisotopic (exact) mass is 368 g/mol. The van der Waals surface area contributed by atoms with Crippen LogP contribution in [-0.2, 0) is 20.7 Å². The minimum absolute atomic E-state index is 0.0165. The molecular weight excluding hydrogens is 344 g/mol. The fraction of sp³-hybridized carbons (Fsp3) is 0.429. The first-order valence-corrected chi connectivity index (χ1v) is 8.96. The second-order valence-electron chi connectivity index (χ2n) is 7.48. The van der Waals surface area contributed by atoms with Gasteiger partial charge in [-0.1, -0.05) is 12.1 Å². The lowest BCUT2D eigenvalue weighted by Gasteiger charge is -2.27. The number of benzene rings is 1. The summed E-state index contributed by atoms with van der Waals surface area (Å²) in [5, 5.41) is 9.69. The third-order valence-electron chi connectivity index (χ3n) is 4.80. The predicted molar refractivity (Wildman–Crippen MR) is 99.6 cm³/mol. The first-order chi connectivity index (χ1) is 12.7. The normalized spacial score (nSPS) is 20.5. The van der Waals surface area contributed by atoms with Gasteiger partial charge in [0, 0.05) is 6.42 Å². The molecule has 142 valence electrons. The van der Waals surface area contributed by atoms with E-state index in [1.165, 1.54) is 0 Å². The summed E-state index contributed by atoms with van der Waals surface area (Å²) in [4.78, 5) is 12.6. The van der Waals surface area contributed by atoms with Gasteiger partial charge in [0.15, 0.2) is 0 Å². The van der Waals surface area contributed by atoms with Gasteiger partial charge in [-0.05, 0) is 51.3 Å². The maximum Gasteiger partial charge on any atom is 0.338 e. The molecule has 0 saturated heterocycles. The standard InChI is InChI=1S/C21H24N2O4/c1-6-25-20(24)16-12(3)26-19(23)15(10-22)17(16)13-7-11(2)18-14(8-13)9-21(4,5)27-18/h7-8,17H,6,9,23H2,1-5H3. The van der Waals surface area contributed by atoms with Gasteiger partial charge in [0.1, 0.15) is 28.8 Å². The molecule has 0 bridgehead atoms. The highest BCUT2D eigenvalue weighted by Crippen LogP contribution is 2.44. The van der Waals surface area contributed by atoms with Crippen molar-refractivity contribution in [3.05, 3.63) is 51.6 Å². The number of hydrogen-bond acceptors (Lipinski definition) is 6. The highest BCUT2D eigenvalue weighted by Gasteiger charge is 2.38. The molecule has 0 spiro atoms. The summed E-state index contributed by atoms with van der Waals surface area (Å²) in [6.07, 6.45) is 0.749. The third kappa shape index (κ3) is 3.25. The van der Waals surface area contributed by atoms with Crippen LogP contribution in [0.15, 0.2) is 34.9 Å². The van der Waals surface area contributed by atoms with Gasteiger partial charge in [0.25, 0.3) is 0 Å². The van der Waals surface area contributed by atoms with Gasteiger partial charge < -0.3 is 19.9 Å². The molecule has 0 saturated carbocycles. The van der Waals surface area contributed by atoms with E-state index in [9.17, 15) is 10.1 Å². The van der Waals surface area contributed by atoms with Crippen molar-refractivity contribution in [1.82, 2.24) is 0 Å². The second-order valence-corrected chi connectivity index (χ2v) is 7.48. The van der Waals surface area contributed by atoms with E-state index in [0.717, 1.165) is 28.9 Å². The Kier molecular flexibility index (Phi) is 4.64. The number of ether oxygens (including phenoxy) is 3. The van der Waals surface area contributed by atoms with Crippen LogP contribution < -0.4 is 10.5 Å². The van der Waals surface area contributed by atoms with E-state index < -0.39 is 11.9 Å². The fourth-order valence-corrected chi connectivity index (χ4v) is 3.78.